The summed E-state index contributed by atoms with van der Waals surface area (Å²) in [6.45, 7) is 5.90. The Hall–Kier alpha value is -1.48. The number of hydrogen-bond donors (Lipinski definition) is 0. The molecule has 0 aromatic carbocycles. The van der Waals surface area contributed by atoms with Crippen LogP contribution >= 0.6 is 11.3 Å². The predicted octanol–water partition coefficient (Wildman–Crippen LogP) is 3.30. The predicted molar refractivity (Wildman–Crippen MR) is 66.2 cm³/mol. The van der Waals surface area contributed by atoms with Gasteiger partial charge in [-0.05, 0) is 38.0 Å². The zero-order valence-corrected chi connectivity index (χ0v) is 10.4. The first-order chi connectivity index (χ1) is 7.58. The zero-order valence-electron chi connectivity index (χ0n) is 9.57. The monoisotopic (exact) mass is 231 g/mol. The van der Waals surface area contributed by atoms with E-state index in [1.807, 2.05) is 38.3 Å². The van der Waals surface area contributed by atoms with Gasteiger partial charge in [0.1, 0.15) is 5.69 Å². The molecule has 2 aromatic rings. The summed E-state index contributed by atoms with van der Waals surface area (Å²) in [5.41, 5.74) is 3.31. The third-order valence-electron chi connectivity index (χ3n) is 2.42. The van der Waals surface area contributed by atoms with Crippen LogP contribution in [-0.2, 0) is 0 Å². The van der Waals surface area contributed by atoms with Gasteiger partial charge in [-0.3, -0.25) is 9.78 Å². The number of carbonyl (C=O) groups is 1. The van der Waals surface area contributed by atoms with Crippen molar-refractivity contribution in [1.29, 1.82) is 0 Å². The maximum atomic E-state index is 12.1. The van der Waals surface area contributed by atoms with Gasteiger partial charge in [0.25, 0.3) is 0 Å². The second kappa shape index (κ2) is 4.18. The number of thiophene rings is 1. The van der Waals surface area contributed by atoms with Gasteiger partial charge < -0.3 is 0 Å². The highest BCUT2D eigenvalue weighted by molar-refractivity contribution is 7.10. The molecule has 0 N–H and O–H groups in total. The molecular weight excluding hydrogens is 218 g/mol. The van der Waals surface area contributed by atoms with E-state index in [0.29, 0.717) is 5.69 Å². The van der Waals surface area contributed by atoms with Crippen LogP contribution in [0.4, 0.5) is 0 Å². The Morgan fingerprint density at radius 3 is 2.56 bits per heavy atom. The van der Waals surface area contributed by atoms with E-state index in [-0.39, 0.29) is 5.78 Å². The first kappa shape index (κ1) is 11.0. The lowest BCUT2D eigenvalue weighted by Crippen LogP contribution is -2.05. The summed E-state index contributed by atoms with van der Waals surface area (Å²) in [5, 5.41) is 1.89. The van der Waals surface area contributed by atoms with E-state index >= 15 is 0 Å². The number of nitrogens with zero attached hydrogens (tertiary/aromatic N) is 1. The molecule has 82 valence electrons. The molecule has 0 fully saturated rings. The van der Waals surface area contributed by atoms with Crippen molar-refractivity contribution < 1.29 is 4.79 Å². The van der Waals surface area contributed by atoms with Gasteiger partial charge in [-0.15, -0.1) is 11.3 Å². The average Bonchev–Trinajstić information content (AvgIpc) is 2.64. The van der Waals surface area contributed by atoms with E-state index < -0.39 is 0 Å². The molecule has 0 spiro atoms. The van der Waals surface area contributed by atoms with Gasteiger partial charge in [0, 0.05) is 22.0 Å². The maximum absolute atomic E-state index is 12.1. The molecule has 2 heterocycles. The lowest BCUT2D eigenvalue weighted by atomic mass is 10.1. The molecule has 3 heteroatoms. The van der Waals surface area contributed by atoms with Crippen LogP contribution in [0.1, 0.15) is 32.1 Å². The first-order valence-corrected chi connectivity index (χ1v) is 5.99. The van der Waals surface area contributed by atoms with Crippen molar-refractivity contribution in [2.75, 3.05) is 0 Å². The van der Waals surface area contributed by atoms with E-state index in [0.717, 1.165) is 21.6 Å². The summed E-state index contributed by atoms with van der Waals surface area (Å²) in [6, 6.07) is 3.90. The summed E-state index contributed by atoms with van der Waals surface area (Å²) in [6.07, 6.45) is 1.74. The molecule has 2 nitrogen and oxygen atoms in total. The summed E-state index contributed by atoms with van der Waals surface area (Å²) < 4.78 is 0. The Morgan fingerprint density at radius 1 is 1.25 bits per heavy atom. The third-order valence-corrected chi connectivity index (χ3v) is 3.28. The minimum atomic E-state index is 0.0156. The van der Waals surface area contributed by atoms with Gasteiger partial charge >= 0.3 is 0 Å². The number of hydrogen-bond acceptors (Lipinski definition) is 3. The molecule has 0 aliphatic rings. The Labute approximate surface area is 99.0 Å². The highest BCUT2D eigenvalue weighted by atomic mass is 32.1. The highest BCUT2D eigenvalue weighted by Crippen LogP contribution is 2.18. The summed E-state index contributed by atoms with van der Waals surface area (Å²) in [5.74, 6) is 0.0156. The van der Waals surface area contributed by atoms with Crippen LogP contribution in [0.15, 0.2) is 23.7 Å². The first-order valence-electron chi connectivity index (χ1n) is 5.11. The fourth-order valence-corrected chi connectivity index (χ4v) is 2.34. The van der Waals surface area contributed by atoms with E-state index in [9.17, 15) is 4.79 Å². The lowest BCUT2D eigenvalue weighted by Gasteiger charge is -2.03. The normalized spacial score (nSPS) is 10.4. The van der Waals surface area contributed by atoms with Crippen LogP contribution in [-0.4, -0.2) is 10.8 Å². The van der Waals surface area contributed by atoms with Crippen molar-refractivity contribution in [3.05, 3.63) is 51.0 Å². The Morgan fingerprint density at radius 2 is 2.00 bits per heavy atom. The molecule has 2 rings (SSSR count). The van der Waals surface area contributed by atoms with Crippen LogP contribution in [0, 0.1) is 20.8 Å². The number of aromatic nitrogens is 1. The van der Waals surface area contributed by atoms with Gasteiger partial charge in [0.05, 0.1) is 0 Å². The number of ketones is 1. The SMILES string of the molecule is Cc1cnc(C(=O)c2csc(C)c2)c(C)c1. The fourth-order valence-electron chi connectivity index (χ4n) is 1.65. The Bertz CT molecular complexity index is 543. The van der Waals surface area contributed by atoms with Crippen molar-refractivity contribution in [3.8, 4) is 0 Å². The molecule has 0 amide bonds. The largest absolute Gasteiger partial charge is 0.287 e. The van der Waals surface area contributed by atoms with Crippen molar-refractivity contribution in [2.45, 2.75) is 20.8 Å². The van der Waals surface area contributed by atoms with Gasteiger partial charge in [0.2, 0.25) is 5.78 Å². The molecule has 2 aromatic heterocycles. The van der Waals surface area contributed by atoms with Crippen molar-refractivity contribution >= 4 is 17.1 Å². The van der Waals surface area contributed by atoms with Crippen LogP contribution < -0.4 is 0 Å². The fraction of sp³-hybridized carbons (Fsp3) is 0.231. The Balaban J connectivity index is 2.41. The van der Waals surface area contributed by atoms with E-state index in [1.54, 1.807) is 17.5 Å². The minimum absolute atomic E-state index is 0.0156. The second-order valence-electron chi connectivity index (χ2n) is 3.95. The third kappa shape index (κ3) is 2.04. The molecule has 0 bridgehead atoms. The molecule has 0 saturated heterocycles. The van der Waals surface area contributed by atoms with Crippen molar-refractivity contribution in [3.63, 3.8) is 0 Å². The van der Waals surface area contributed by atoms with Crippen LogP contribution in [0.2, 0.25) is 0 Å². The Kier molecular flexibility index (Phi) is 2.88. The molecule has 0 radical (unpaired) electrons. The molecular formula is C13H13NOS. The zero-order chi connectivity index (χ0) is 11.7. The summed E-state index contributed by atoms with van der Waals surface area (Å²) in [4.78, 5) is 17.5. The lowest BCUT2D eigenvalue weighted by molar-refractivity contribution is 0.103. The topological polar surface area (TPSA) is 30.0 Å². The second-order valence-corrected chi connectivity index (χ2v) is 5.07. The maximum Gasteiger partial charge on any atom is 0.212 e. The van der Waals surface area contributed by atoms with Gasteiger partial charge in [-0.2, -0.15) is 0 Å². The van der Waals surface area contributed by atoms with E-state index in [4.69, 9.17) is 0 Å². The molecule has 0 unspecified atom stereocenters. The molecule has 0 atom stereocenters. The van der Waals surface area contributed by atoms with Gasteiger partial charge in [0.15, 0.2) is 0 Å². The molecule has 0 saturated carbocycles. The highest BCUT2D eigenvalue weighted by Gasteiger charge is 2.14. The number of rotatable bonds is 2. The number of pyridine rings is 1. The van der Waals surface area contributed by atoms with Crippen LogP contribution in [0.25, 0.3) is 0 Å². The number of carbonyl (C=O) groups excluding carboxylic acids is 1. The van der Waals surface area contributed by atoms with Crippen LogP contribution in [0.3, 0.4) is 0 Å². The van der Waals surface area contributed by atoms with Crippen molar-refractivity contribution in [1.82, 2.24) is 4.98 Å². The van der Waals surface area contributed by atoms with Crippen molar-refractivity contribution in [2.24, 2.45) is 0 Å². The van der Waals surface area contributed by atoms with Gasteiger partial charge in [-0.1, -0.05) is 6.07 Å². The van der Waals surface area contributed by atoms with Gasteiger partial charge in [-0.25, -0.2) is 0 Å². The average molecular weight is 231 g/mol. The summed E-state index contributed by atoms with van der Waals surface area (Å²) in [7, 11) is 0. The standard InChI is InChI=1S/C13H13NOS/c1-8-4-9(2)12(14-6-8)13(15)11-5-10(3)16-7-11/h4-7H,1-3H3. The quantitative estimate of drug-likeness (QED) is 0.742. The number of aryl methyl sites for hydroxylation is 3. The summed E-state index contributed by atoms with van der Waals surface area (Å²) >= 11 is 1.59. The molecule has 0 aliphatic carbocycles. The smallest absolute Gasteiger partial charge is 0.212 e. The molecule has 0 aliphatic heterocycles. The molecule has 16 heavy (non-hydrogen) atoms. The van der Waals surface area contributed by atoms with E-state index in [1.165, 1.54) is 0 Å². The van der Waals surface area contributed by atoms with E-state index in [2.05, 4.69) is 4.98 Å². The minimum Gasteiger partial charge on any atom is -0.287 e. The van der Waals surface area contributed by atoms with Crippen LogP contribution in [0.5, 0.6) is 0 Å².